The Balaban J connectivity index is 2.68. The van der Waals surface area contributed by atoms with Crippen molar-refractivity contribution in [3.63, 3.8) is 0 Å². The second-order valence-electron chi connectivity index (χ2n) is 6.30. The summed E-state index contributed by atoms with van der Waals surface area (Å²) in [6.07, 6.45) is 5.88. The molecule has 0 radical (unpaired) electrons. The molecule has 0 spiro atoms. The highest BCUT2D eigenvalue weighted by Crippen LogP contribution is 2.32. The minimum Gasteiger partial charge on any atom is -0.300 e. The molecular weight excluding hydrogens is 260 g/mol. The first-order valence-electron chi connectivity index (χ1n) is 7.50. The largest absolute Gasteiger partial charge is 0.300 e. The van der Waals surface area contributed by atoms with Crippen LogP contribution in [0.1, 0.15) is 52.9 Å². The lowest BCUT2D eigenvalue weighted by molar-refractivity contribution is 0.0844. The van der Waals surface area contributed by atoms with Crippen LogP contribution >= 0.6 is 0 Å². The molecule has 5 heteroatoms. The van der Waals surface area contributed by atoms with Crippen molar-refractivity contribution in [1.82, 2.24) is 9.62 Å². The van der Waals surface area contributed by atoms with Crippen LogP contribution in [0.5, 0.6) is 0 Å². The van der Waals surface area contributed by atoms with Gasteiger partial charge in [0.15, 0.2) is 0 Å². The zero-order valence-electron chi connectivity index (χ0n) is 12.9. The second-order valence-corrected chi connectivity index (χ2v) is 8.15. The van der Waals surface area contributed by atoms with Crippen molar-refractivity contribution < 1.29 is 8.42 Å². The lowest BCUT2D eigenvalue weighted by Crippen LogP contribution is -2.55. The summed E-state index contributed by atoms with van der Waals surface area (Å²) in [6.45, 7) is 7.54. The van der Waals surface area contributed by atoms with Crippen LogP contribution in [0.3, 0.4) is 0 Å². The first kappa shape index (κ1) is 16.9. The van der Waals surface area contributed by atoms with Gasteiger partial charge in [0.25, 0.3) is 0 Å². The molecule has 0 aromatic carbocycles. The average Bonchev–Trinajstić information content (AvgIpc) is 2.35. The van der Waals surface area contributed by atoms with Crippen LogP contribution < -0.4 is 4.72 Å². The van der Waals surface area contributed by atoms with Crippen LogP contribution in [-0.2, 0) is 10.0 Å². The molecule has 1 N–H and O–H groups in total. The summed E-state index contributed by atoms with van der Waals surface area (Å²) in [4.78, 5) is 2.32. The minimum atomic E-state index is -3.14. The van der Waals surface area contributed by atoms with E-state index in [4.69, 9.17) is 0 Å². The van der Waals surface area contributed by atoms with E-state index in [0.29, 0.717) is 6.54 Å². The smallest absolute Gasteiger partial charge is 0.211 e. The first-order chi connectivity index (χ1) is 8.81. The normalized spacial score (nSPS) is 20.1. The number of hydrogen-bond donors (Lipinski definition) is 1. The molecule has 4 nitrogen and oxygen atoms in total. The van der Waals surface area contributed by atoms with E-state index >= 15 is 0 Å². The predicted molar refractivity (Wildman–Crippen MR) is 80.7 cm³/mol. The van der Waals surface area contributed by atoms with Gasteiger partial charge in [0.1, 0.15) is 0 Å². The van der Waals surface area contributed by atoms with E-state index in [1.165, 1.54) is 19.3 Å². The van der Waals surface area contributed by atoms with Gasteiger partial charge in [-0.1, -0.05) is 40.0 Å². The Morgan fingerprint density at radius 1 is 1.21 bits per heavy atom. The van der Waals surface area contributed by atoms with E-state index in [1.807, 2.05) is 13.8 Å². The van der Waals surface area contributed by atoms with Gasteiger partial charge in [0.2, 0.25) is 10.0 Å². The quantitative estimate of drug-likeness (QED) is 0.782. The third-order valence-electron chi connectivity index (χ3n) is 4.24. The Kier molecular flexibility index (Phi) is 6.27. The molecule has 0 aliphatic heterocycles. The van der Waals surface area contributed by atoms with Crippen LogP contribution in [0.2, 0.25) is 0 Å². The highest BCUT2D eigenvalue weighted by molar-refractivity contribution is 7.89. The fraction of sp³-hybridized carbons (Fsp3) is 1.00. The number of rotatable bonds is 7. The third kappa shape index (κ3) is 5.04. The zero-order valence-corrected chi connectivity index (χ0v) is 13.7. The van der Waals surface area contributed by atoms with Crippen LogP contribution in [0.15, 0.2) is 0 Å². The molecule has 1 rings (SSSR count). The Morgan fingerprint density at radius 2 is 1.79 bits per heavy atom. The monoisotopic (exact) mass is 290 g/mol. The summed E-state index contributed by atoms with van der Waals surface area (Å²) < 4.78 is 26.9. The number of hydrogen-bond acceptors (Lipinski definition) is 3. The van der Waals surface area contributed by atoms with E-state index in [1.54, 1.807) is 0 Å². The Hall–Kier alpha value is -0.130. The average molecular weight is 290 g/mol. The van der Waals surface area contributed by atoms with Gasteiger partial charge in [-0.15, -0.1) is 0 Å². The summed E-state index contributed by atoms with van der Waals surface area (Å²) in [5.41, 5.74) is 0.0249. The molecule has 0 amide bonds. The summed E-state index contributed by atoms with van der Waals surface area (Å²) in [7, 11) is -1.02. The van der Waals surface area contributed by atoms with Gasteiger partial charge in [-0.05, 0) is 32.4 Å². The highest BCUT2D eigenvalue weighted by atomic mass is 32.2. The standard InChI is InChI=1S/C14H30N2O2S/c1-5-16(4)14(9-7-6-8-10-14)12-15-19(17,18)11-13(2)3/h13,15H,5-12H2,1-4H3. The number of likely N-dealkylation sites (N-methyl/N-ethyl adjacent to an activating group) is 1. The van der Waals surface area contributed by atoms with Crippen LogP contribution in [-0.4, -0.2) is 44.7 Å². The zero-order chi connectivity index (χ0) is 14.5. The van der Waals surface area contributed by atoms with Crippen molar-refractivity contribution in [2.45, 2.75) is 58.4 Å². The van der Waals surface area contributed by atoms with Gasteiger partial charge >= 0.3 is 0 Å². The van der Waals surface area contributed by atoms with Gasteiger partial charge in [-0.25, -0.2) is 13.1 Å². The molecule has 1 aliphatic rings. The predicted octanol–water partition coefficient (Wildman–Crippen LogP) is 2.22. The maximum Gasteiger partial charge on any atom is 0.211 e. The lowest BCUT2D eigenvalue weighted by atomic mass is 9.80. The van der Waals surface area contributed by atoms with Crippen LogP contribution in [0.4, 0.5) is 0 Å². The van der Waals surface area contributed by atoms with Crippen molar-refractivity contribution in [2.75, 3.05) is 25.9 Å². The molecule has 0 heterocycles. The number of sulfonamides is 1. The van der Waals surface area contributed by atoms with Crippen molar-refractivity contribution in [1.29, 1.82) is 0 Å². The molecule has 0 aromatic rings. The molecule has 114 valence electrons. The minimum absolute atomic E-state index is 0.0249. The first-order valence-corrected chi connectivity index (χ1v) is 9.15. The second kappa shape index (κ2) is 7.04. The highest BCUT2D eigenvalue weighted by Gasteiger charge is 2.36. The van der Waals surface area contributed by atoms with Crippen molar-refractivity contribution in [3.8, 4) is 0 Å². The lowest BCUT2D eigenvalue weighted by Gasteiger charge is -2.44. The molecular formula is C14H30N2O2S. The van der Waals surface area contributed by atoms with Crippen LogP contribution in [0.25, 0.3) is 0 Å². The summed E-state index contributed by atoms with van der Waals surface area (Å²) >= 11 is 0. The number of nitrogens with one attached hydrogen (secondary N) is 1. The van der Waals surface area contributed by atoms with Crippen LogP contribution in [0, 0.1) is 5.92 Å². The van der Waals surface area contributed by atoms with Gasteiger partial charge in [0, 0.05) is 12.1 Å². The van der Waals surface area contributed by atoms with E-state index < -0.39 is 10.0 Å². The van der Waals surface area contributed by atoms with Crippen molar-refractivity contribution >= 4 is 10.0 Å². The van der Waals surface area contributed by atoms with E-state index in [2.05, 4.69) is 23.6 Å². The fourth-order valence-electron chi connectivity index (χ4n) is 2.98. The molecule has 0 aromatic heterocycles. The molecule has 1 fully saturated rings. The topological polar surface area (TPSA) is 49.4 Å². The maximum absolute atomic E-state index is 12.0. The maximum atomic E-state index is 12.0. The SMILES string of the molecule is CCN(C)C1(CNS(=O)(=O)CC(C)C)CCCCC1. The molecule has 1 aliphatic carbocycles. The van der Waals surface area contributed by atoms with E-state index in [-0.39, 0.29) is 17.2 Å². The van der Waals surface area contributed by atoms with Gasteiger partial charge in [0.05, 0.1) is 5.75 Å². The molecule has 0 unspecified atom stereocenters. The Morgan fingerprint density at radius 3 is 2.26 bits per heavy atom. The Labute approximate surface area is 119 Å². The van der Waals surface area contributed by atoms with E-state index in [0.717, 1.165) is 19.4 Å². The van der Waals surface area contributed by atoms with E-state index in [9.17, 15) is 8.42 Å². The fourth-order valence-corrected chi connectivity index (χ4v) is 4.46. The van der Waals surface area contributed by atoms with Crippen molar-refractivity contribution in [2.24, 2.45) is 5.92 Å². The summed E-state index contributed by atoms with van der Waals surface area (Å²) in [5.74, 6) is 0.391. The van der Waals surface area contributed by atoms with Crippen molar-refractivity contribution in [3.05, 3.63) is 0 Å². The third-order valence-corrected chi connectivity index (χ3v) is 5.93. The molecule has 0 saturated heterocycles. The molecule has 19 heavy (non-hydrogen) atoms. The molecule has 0 atom stereocenters. The summed E-state index contributed by atoms with van der Waals surface area (Å²) in [6, 6.07) is 0. The molecule has 0 bridgehead atoms. The molecule has 1 saturated carbocycles. The van der Waals surface area contributed by atoms with Gasteiger partial charge in [-0.3, -0.25) is 4.90 Å². The number of nitrogens with zero attached hydrogens (tertiary/aromatic N) is 1. The summed E-state index contributed by atoms with van der Waals surface area (Å²) in [5, 5.41) is 0. The van der Waals surface area contributed by atoms with Gasteiger partial charge in [-0.2, -0.15) is 0 Å². The van der Waals surface area contributed by atoms with Gasteiger partial charge < -0.3 is 0 Å². The Bertz CT molecular complexity index is 360.